The summed E-state index contributed by atoms with van der Waals surface area (Å²) in [6.45, 7) is 0. The molecule has 0 radical (unpaired) electrons. The lowest BCUT2D eigenvalue weighted by Crippen LogP contribution is -2.48. The van der Waals surface area contributed by atoms with Gasteiger partial charge in [-0.25, -0.2) is 0 Å². The molecule has 126 valence electrons. The number of hydrogen-bond acceptors (Lipinski definition) is 3. The van der Waals surface area contributed by atoms with Crippen LogP contribution < -0.4 is 11.1 Å². The number of benzene rings is 1. The van der Waals surface area contributed by atoms with Crippen molar-refractivity contribution in [2.45, 2.75) is 38.1 Å². The van der Waals surface area contributed by atoms with Crippen molar-refractivity contribution in [1.82, 2.24) is 10.2 Å². The van der Waals surface area contributed by atoms with Crippen LogP contribution in [0.1, 0.15) is 32.1 Å². The molecule has 0 aliphatic heterocycles. The van der Waals surface area contributed by atoms with E-state index in [0.29, 0.717) is 17.9 Å². The number of nitrogens with zero attached hydrogens (tertiary/aromatic N) is 1. The lowest BCUT2D eigenvalue weighted by atomic mass is 9.65. The Morgan fingerprint density at radius 1 is 1.21 bits per heavy atom. The van der Waals surface area contributed by atoms with Gasteiger partial charge in [-0.1, -0.05) is 18.6 Å². The quantitative estimate of drug-likeness (QED) is 0.811. The number of nitrogens with one attached hydrogen (secondary N) is 2. The summed E-state index contributed by atoms with van der Waals surface area (Å²) in [6.07, 6.45) is 7.22. The number of amides is 1. The fraction of sp³-hybridized carbons (Fsp3) is 0.474. The van der Waals surface area contributed by atoms with Gasteiger partial charge in [0.1, 0.15) is 0 Å². The molecule has 2 unspecified atom stereocenters. The highest BCUT2D eigenvalue weighted by Gasteiger charge is 2.40. The molecule has 2 bridgehead atoms. The maximum absolute atomic E-state index is 12.7. The minimum Gasteiger partial charge on any atom is -0.327 e. The van der Waals surface area contributed by atoms with E-state index in [1.54, 1.807) is 6.20 Å². The first-order chi connectivity index (χ1) is 11.7. The van der Waals surface area contributed by atoms with E-state index in [9.17, 15) is 4.79 Å². The van der Waals surface area contributed by atoms with E-state index >= 15 is 0 Å². The Morgan fingerprint density at radius 3 is 2.71 bits per heavy atom. The van der Waals surface area contributed by atoms with Gasteiger partial charge in [0.2, 0.25) is 5.91 Å². The van der Waals surface area contributed by atoms with E-state index < -0.39 is 0 Å². The normalized spacial score (nSPS) is 29.2. The van der Waals surface area contributed by atoms with E-state index in [1.807, 2.05) is 30.3 Å². The summed E-state index contributed by atoms with van der Waals surface area (Å²) in [5.41, 5.74) is 9.14. The van der Waals surface area contributed by atoms with Crippen LogP contribution in [0.25, 0.3) is 11.3 Å². The van der Waals surface area contributed by atoms with Crippen molar-refractivity contribution in [2.24, 2.45) is 23.5 Å². The number of hydrogen-bond donors (Lipinski definition) is 3. The van der Waals surface area contributed by atoms with Gasteiger partial charge in [0.05, 0.1) is 5.69 Å². The molecule has 4 N–H and O–H groups in total. The summed E-state index contributed by atoms with van der Waals surface area (Å²) < 4.78 is 0. The molecule has 0 saturated heterocycles. The summed E-state index contributed by atoms with van der Waals surface area (Å²) in [5, 5.41) is 10.0. The average Bonchev–Trinajstić information content (AvgIpc) is 3.09. The Hall–Kier alpha value is -2.14. The number of aromatic nitrogens is 2. The molecule has 2 aliphatic carbocycles. The van der Waals surface area contributed by atoms with Gasteiger partial charge in [-0.3, -0.25) is 9.89 Å². The van der Waals surface area contributed by atoms with E-state index in [2.05, 4.69) is 15.5 Å². The summed E-state index contributed by atoms with van der Waals surface area (Å²) in [4.78, 5) is 12.7. The molecule has 1 heterocycles. The lowest BCUT2D eigenvalue weighted by molar-refractivity contribution is -0.122. The Labute approximate surface area is 142 Å². The molecule has 4 rings (SSSR count). The number of carbonyl (C=O) groups is 1. The van der Waals surface area contributed by atoms with Crippen LogP contribution in [-0.2, 0) is 4.79 Å². The van der Waals surface area contributed by atoms with Crippen LogP contribution in [0, 0.1) is 17.8 Å². The van der Waals surface area contributed by atoms with Gasteiger partial charge in [-0.2, -0.15) is 5.10 Å². The summed E-state index contributed by atoms with van der Waals surface area (Å²) in [6, 6.07) is 10.1. The second-order valence-electron chi connectivity index (χ2n) is 7.24. The smallest absolute Gasteiger partial charge is 0.227 e. The highest BCUT2D eigenvalue weighted by Crippen LogP contribution is 2.42. The van der Waals surface area contributed by atoms with Crippen LogP contribution in [0.2, 0.25) is 0 Å². The number of anilines is 1. The topological polar surface area (TPSA) is 83.8 Å². The van der Waals surface area contributed by atoms with Gasteiger partial charge in [0.15, 0.2) is 0 Å². The van der Waals surface area contributed by atoms with E-state index in [-0.39, 0.29) is 11.8 Å². The van der Waals surface area contributed by atoms with Gasteiger partial charge < -0.3 is 11.1 Å². The van der Waals surface area contributed by atoms with Crippen LogP contribution in [0.4, 0.5) is 5.69 Å². The van der Waals surface area contributed by atoms with Crippen LogP contribution in [0.3, 0.4) is 0 Å². The third-order valence-corrected chi connectivity index (χ3v) is 5.73. The molecule has 2 aliphatic rings. The first-order valence-electron chi connectivity index (χ1n) is 8.87. The summed E-state index contributed by atoms with van der Waals surface area (Å²) >= 11 is 0. The number of fused-ring (bicyclic) bond motifs is 2. The number of rotatable bonds is 3. The molecule has 5 heteroatoms. The predicted octanol–water partition coefficient (Wildman–Crippen LogP) is 3.17. The van der Waals surface area contributed by atoms with Crippen LogP contribution in [0.5, 0.6) is 0 Å². The van der Waals surface area contributed by atoms with E-state index in [1.165, 1.54) is 19.3 Å². The summed E-state index contributed by atoms with van der Waals surface area (Å²) in [7, 11) is 0. The number of nitrogens with two attached hydrogens (primary N) is 1. The highest BCUT2D eigenvalue weighted by atomic mass is 16.1. The molecule has 24 heavy (non-hydrogen) atoms. The SMILES string of the molecule is NC1C2CCCC1CC(C(=O)Nc1cccc(-c3ccn[nH]3)c1)C2. The van der Waals surface area contributed by atoms with Crippen LogP contribution in [-0.4, -0.2) is 22.1 Å². The molecule has 5 nitrogen and oxygen atoms in total. The molecular formula is C19H24N4O. The zero-order valence-corrected chi connectivity index (χ0v) is 13.7. The standard InChI is InChI=1S/C19H24N4O/c20-18-13-4-1-5-14(18)10-15(9-13)19(24)22-16-6-2-3-12(11-16)17-7-8-21-23-17/h2-3,6-8,11,13-15,18H,1,4-5,9-10,20H2,(H,21,23)(H,22,24). The fourth-order valence-electron chi connectivity index (χ4n) is 4.43. The van der Waals surface area contributed by atoms with Crippen molar-refractivity contribution in [3.8, 4) is 11.3 Å². The second kappa shape index (κ2) is 6.40. The first kappa shape index (κ1) is 15.4. The minimum atomic E-state index is 0.0934. The zero-order valence-electron chi connectivity index (χ0n) is 13.7. The fourth-order valence-corrected chi connectivity index (χ4v) is 4.43. The second-order valence-corrected chi connectivity index (χ2v) is 7.24. The molecule has 1 aromatic heterocycles. The maximum Gasteiger partial charge on any atom is 0.227 e. The van der Waals surface area contributed by atoms with Gasteiger partial charge in [-0.05, 0) is 55.7 Å². The van der Waals surface area contributed by atoms with Crippen molar-refractivity contribution in [3.63, 3.8) is 0 Å². The van der Waals surface area contributed by atoms with Gasteiger partial charge in [0, 0.05) is 29.4 Å². The number of H-pyrrole nitrogens is 1. The van der Waals surface area contributed by atoms with Crippen molar-refractivity contribution in [1.29, 1.82) is 0 Å². The molecule has 0 spiro atoms. The van der Waals surface area contributed by atoms with Crippen molar-refractivity contribution >= 4 is 11.6 Å². The third-order valence-electron chi connectivity index (χ3n) is 5.73. The van der Waals surface area contributed by atoms with Crippen LogP contribution in [0.15, 0.2) is 36.5 Å². The molecule has 2 aromatic rings. The Balaban J connectivity index is 1.46. The van der Waals surface area contributed by atoms with E-state index in [4.69, 9.17) is 5.73 Å². The molecule has 1 amide bonds. The minimum absolute atomic E-state index is 0.0934. The van der Waals surface area contributed by atoms with Gasteiger partial charge >= 0.3 is 0 Å². The third kappa shape index (κ3) is 2.96. The van der Waals surface area contributed by atoms with Gasteiger partial charge in [-0.15, -0.1) is 0 Å². The van der Waals surface area contributed by atoms with Crippen LogP contribution >= 0.6 is 0 Å². The first-order valence-corrected chi connectivity index (χ1v) is 8.87. The Morgan fingerprint density at radius 2 is 2.00 bits per heavy atom. The molecule has 2 saturated carbocycles. The molecular weight excluding hydrogens is 300 g/mol. The monoisotopic (exact) mass is 324 g/mol. The maximum atomic E-state index is 12.7. The number of aromatic amines is 1. The number of carbonyl (C=O) groups excluding carboxylic acids is 1. The van der Waals surface area contributed by atoms with Crippen molar-refractivity contribution in [2.75, 3.05) is 5.32 Å². The van der Waals surface area contributed by atoms with E-state index in [0.717, 1.165) is 29.8 Å². The Kier molecular flexibility index (Phi) is 4.10. The Bertz CT molecular complexity index is 698. The molecule has 1 aromatic carbocycles. The molecule has 2 fully saturated rings. The van der Waals surface area contributed by atoms with Crippen molar-refractivity contribution < 1.29 is 4.79 Å². The highest BCUT2D eigenvalue weighted by molar-refractivity contribution is 5.93. The summed E-state index contributed by atoms with van der Waals surface area (Å²) in [5.74, 6) is 1.27. The van der Waals surface area contributed by atoms with Gasteiger partial charge in [0.25, 0.3) is 0 Å². The van der Waals surface area contributed by atoms with Crippen molar-refractivity contribution in [3.05, 3.63) is 36.5 Å². The largest absolute Gasteiger partial charge is 0.327 e. The zero-order chi connectivity index (χ0) is 16.5. The average molecular weight is 324 g/mol. The lowest BCUT2D eigenvalue weighted by Gasteiger charge is -2.43. The molecule has 2 atom stereocenters. The predicted molar refractivity (Wildman–Crippen MR) is 94.2 cm³/mol.